The van der Waals surface area contributed by atoms with Crippen molar-refractivity contribution >= 4 is 49.9 Å². The predicted molar refractivity (Wildman–Crippen MR) is 132 cm³/mol. The molecule has 2 aromatic rings. The Morgan fingerprint density at radius 1 is 1.21 bits per heavy atom. The second-order valence-electron chi connectivity index (χ2n) is 7.86. The number of amidine groups is 2. The van der Waals surface area contributed by atoms with Crippen LogP contribution in [0.5, 0.6) is 5.75 Å². The quantitative estimate of drug-likeness (QED) is 0.489. The predicted octanol–water partition coefficient (Wildman–Crippen LogP) is 3.48. The Morgan fingerprint density at radius 3 is 2.39 bits per heavy atom. The van der Waals surface area contributed by atoms with Crippen LogP contribution < -0.4 is 10.6 Å². The largest absolute Gasteiger partial charge is 0.504 e. The molecule has 3 heterocycles. The number of nitrogens with one attached hydrogen (secondary N) is 2. The van der Waals surface area contributed by atoms with Crippen molar-refractivity contribution in [3.05, 3.63) is 28.5 Å². The Labute approximate surface area is 200 Å². The summed E-state index contributed by atoms with van der Waals surface area (Å²) in [4.78, 5) is 0. The van der Waals surface area contributed by atoms with E-state index in [0.717, 1.165) is 22.7 Å². The Bertz CT molecular complexity index is 1190. The maximum atomic E-state index is 12.8. The third kappa shape index (κ3) is 5.15. The molecule has 3 N–H and O–H groups in total. The van der Waals surface area contributed by atoms with Gasteiger partial charge in [-0.25, -0.2) is 12.6 Å². The molecule has 33 heavy (non-hydrogen) atoms. The number of nitrogens with zero attached hydrogens (tertiary/aromatic N) is 3. The first-order chi connectivity index (χ1) is 15.5. The van der Waals surface area contributed by atoms with Crippen LogP contribution in [-0.2, 0) is 21.2 Å². The number of hydrogen-bond donors (Lipinski definition) is 3. The van der Waals surface area contributed by atoms with Crippen LogP contribution in [0.1, 0.15) is 50.8 Å². The van der Waals surface area contributed by atoms with Gasteiger partial charge in [-0.1, -0.05) is 27.7 Å². The van der Waals surface area contributed by atoms with Gasteiger partial charge >= 0.3 is 0 Å². The number of hydrogen-bond acceptors (Lipinski definition) is 8. The summed E-state index contributed by atoms with van der Waals surface area (Å²) in [5.74, 6) is 1.59. The summed E-state index contributed by atoms with van der Waals surface area (Å²) >= 11 is -0.954. The van der Waals surface area contributed by atoms with Crippen LogP contribution in [0.15, 0.2) is 28.9 Å². The molecule has 0 radical (unpaired) electrons. The normalized spacial score (nSPS) is 17.4. The van der Waals surface area contributed by atoms with Crippen molar-refractivity contribution in [2.75, 3.05) is 18.4 Å². The zero-order valence-corrected chi connectivity index (χ0v) is 21.8. The highest BCUT2D eigenvalue weighted by atomic mass is 32.2. The Hall–Kier alpha value is -2.22. The summed E-state index contributed by atoms with van der Waals surface area (Å²) in [6.07, 6.45) is 0. The number of aryl methyl sites for hydroxylation is 2. The summed E-state index contributed by atoms with van der Waals surface area (Å²) in [7, 11) is -3.83. The third-order valence-corrected chi connectivity index (χ3v) is 9.50. The van der Waals surface area contributed by atoms with Crippen LogP contribution in [0, 0.1) is 19.8 Å². The first kappa shape index (κ1) is 25.4. The molecule has 182 valence electrons. The zero-order chi connectivity index (χ0) is 24.5. The lowest BCUT2D eigenvalue weighted by atomic mass is 10.0. The number of anilines is 1. The molecule has 2 aromatic heterocycles. The van der Waals surface area contributed by atoms with Gasteiger partial charge in [-0.2, -0.15) is 4.31 Å². The molecule has 0 aromatic carbocycles. The van der Waals surface area contributed by atoms with Crippen LogP contribution in [0.25, 0.3) is 0 Å². The number of thiophene rings is 1. The van der Waals surface area contributed by atoms with Crippen molar-refractivity contribution < 1.29 is 22.2 Å². The van der Waals surface area contributed by atoms with Crippen LogP contribution in [0.4, 0.5) is 5.69 Å². The molecular weight excluding hydrogens is 486 g/mol. The van der Waals surface area contributed by atoms with Gasteiger partial charge in [0.05, 0.1) is 11.7 Å². The lowest BCUT2D eigenvalue weighted by Crippen LogP contribution is -2.38. The van der Waals surface area contributed by atoms with Gasteiger partial charge < -0.3 is 20.2 Å². The summed E-state index contributed by atoms with van der Waals surface area (Å²) in [6.45, 7) is 11.9. The van der Waals surface area contributed by atoms with Crippen LogP contribution in [0.2, 0.25) is 0 Å². The van der Waals surface area contributed by atoms with Gasteiger partial charge in [0, 0.05) is 18.5 Å². The molecule has 0 spiro atoms. The van der Waals surface area contributed by atoms with E-state index in [1.54, 1.807) is 13.8 Å². The van der Waals surface area contributed by atoms with Gasteiger partial charge in [-0.3, -0.25) is 0 Å². The topological polar surface area (TPSA) is 137 Å². The average Bonchev–Trinajstić information content (AvgIpc) is 3.38. The third-order valence-electron chi connectivity index (χ3n) is 5.28. The molecule has 1 aliphatic rings. The van der Waals surface area contributed by atoms with Crippen molar-refractivity contribution in [1.29, 1.82) is 0 Å². The standard InChI is InChI=1S/C20H29N5O5S3/c1-7-25(8-2)33(28,29)20-17(26)14(10-31-20)21-18-19(24-32(27)23-18)22-16(11(3)4)15-9-12(5)13(6)30-15/h9-11,16,26H,7-8H2,1-6H3,(H,21,23)(H,22,24). The highest BCUT2D eigenvalue weighted by Crippen LogP contribution is 2.39. The molecule has 0 saturated carbocycles. The second kappa shape index (κ2) is 9.95. The number of furan rings is 1. The smallest absolute Gasteiger partial charge is 0.269 e. The number of sulfonamides is 1. The summed E-state index contributed by atoms with van der Waals surface area (Å²) in [5.41, 5.74) is 1.16. The molecule has 0 saturated heterocycles. The van der Waals surface area contributed by atoms with E-state index < -0.39 is 26.9 Å². The van der Waals surface area contributed by atoms with Gasteiger partial charge in [0.25, 0.3) is 21.2 Å². The van der Waals surface area contributed by atoms with Crippen LogP contribution >= 0.6 is 11.3 Å². The Morgan fingerprint density at radius 2 is 1.85 bits per heavy atom. The molecule has 0 bridgehead atoms. The minimum Gasteiger partial charge on any atom is -0.504 e. The van der Waals surface area contributed by atoms with E-state index in [0.29, 0.717) is 5.76 Å². The summed E-state index contributed by atoms with van der Waals surface area (Å²) in [6, 6.07) is 1.67. The molecule has 0 amide bonds. The number of aromatic hydroxyl groups is 1. The van der Waals surface area contributed by atoms with Crippen LogP contribution in [-0.4, -0.2) is 46.8 Å². The zero-order valence-electron chi connectivity index (χ0n) is 19.4. The fourth-order valence-corrected chi connectivity index (χ4v) is 6.78. The summed E-state index contributed by atoms with van der Waals surface area (Å²) < 4.78 is 52.7. The van der Waals surface area contributed by atoms with E-state index in [9.17, 15) is 17.7 Å². The van der Waals surface area contributed by atoms with Gasteiger partial charge in [-0.15, -0.1) is 20.1 Å². The van der Waals surface area contributed by atoms with Gasteiger partial charge in [0.2, 0.25) is 0 Å². The molecule has 13 heteroatoms. The van der Waals surface area contributed by atoms with Crippen molar-refractivity contribution in [2.24, 2.45) is 14.7 Å². The highest BCUT2D eigenvalue weighted by molar-refractivity contribution is 7.91. The summed E-state index contributed by atoms with van der Waals surface area (Å²) in [5, 5.41) is 18.2. The first-order valence-corrected chi connectivity index (χ1v) is 13.9. The van der Waals surface area contributed by atoms with E-state index in [2.05, 4.69) is 19.4 Å². The van der Waals surface area contributed by atoms with Gasteiger partial charge in [0.15, 0.2) is 21.6 Å². The van der Waals surface area contributed by atoms with Crippen molar-refractivity contribution in [1.82, 2.24) is 9.62 Å². The average molecular weight is 516 g/mol. The lowest BCUT2D eigenvalue weighted by Gasteiger charge is -2.21. The van der Waals surface area contributed by atoms with E-state index in [4.69, 9.17) is 4.42 Å². The maximum Gasteiger partial charge on any atom is 0.269 e. The van der Waals surface area contributed by atoms with Gasteiger partial charge in [0.1, 0.15) is 11.5 Å². The van der Waals surface area contributed by atoms with E-state index in [1.807, 2.05) is 33.8 Å². The molecule has 2 unspecified atom stereocenters. The van der Waals surface area contributed by atoms with Crippen LogP contribution in [0.3, 0.4) is 0 Å². The van der Waals surface area contributed by atoms with Gasteiger partial charge in [-0.05, 0) is 31.4 Å². The molecule has 3 rings (SSSR count). The second-order valence-corrected chi connectivity index (χ2v) is 11.7. The monoisotopic (exact) mass is 515 g/mol. The molecule has 0 aliphatic carbocycles. The molecule has 10 nitrogen and oxygen atoms in total. The molecule has 0 fully saturated rings. The number of rotatable bonds is 8. The minimum absolute atomic E-state index is 0.105. The van der Waals surface area contributed by atoms with E-state index in [-0.39, 0.29) is 46.6 Å². The molecule has 1 aliphatic heterocycles. The first-order valence-electron chi connectivity index (χ1n) is 10.5. The minimum atomic E-state index is -3.83. The molecule has 2 atom stereocenters. The van der Waals surface area contributed by atoms with E-state index in [1.165, 1.54) is 9.69 Å². The lowest BCUT2D eigenvalue weighted by molar-refractivity contribution is 0.369. The van der Waals surface area contributed by atoms with Crippen molar-refractivity contribution in [3.63, 3.8) is 0 Å². The fourth-order valence-electron chi connectivity index (χ4n) is 3.32. The van der Waals surface area contributed by atoms with E-state index >= 15 is 0 Å². The Kier molecular flexibility index (Phi) is 7.66. The fraction of sp³-hybridized carbons (Fsp3) is 0.500. The Balaban J connectivity index is 1.86. The van der Waals surface area contributed by atoms with Crippen molar-refractivity contribution in [2.45, 2.75) is 51.8 Å². The highest BCUT2D eigenvalue weighted by Gasteiger charge is 2.31. The SMILES string of the molecule is CCN(CC)S(=O)(=O)c1scc(NC2=NS(=O)N=C2NC(c2cc(C)c(C)o2)C(C)C)c1O. The molecular formula is C20H29N5O5S3. The maximum absolute atomic E-state index is 12.8. The van der Waals surface area contributed by atoms with Crippen molar-refractivity contribution in [3.8, 4) is 5.75 Å².